The van der Waals surface area contributed by atoms with Gasteiger partial charge < -0.3 is 16.4 Å². The number of rotatable bonds is 0. The van der Waals surface area contributed by atoms with Crippen molar-refractivity contribution in [1.29, 1.82) is 0 Å². The third-order valence-electron chi connectivity index (χ3n) is 6.59. The second-order valence-corrected chi connectivity index (χ2v) is 8.05. The van der Waals surface area contributed by atoms with E-state index < -0.39 is 0 Å². The molecule has 27 heavy (non-hydrogen) atoms. The van der Waals surface area contributed by atoms with Crippen molar-refractivity contribution in [2.24, 2.45) is 0 Å². The molecule has 9 rings (SSSR count). The molecule has 6 N–H and O–H groups in total. The van der Waals surface area contributed by atoms with Crippen molar-refractivity contribution in [2.75, 3.05) is 118 Å². The Kier molecular flexibility index (Phi) is 11.2. The highest BCUT2D eigenvalue weighted by Gasteiger charge is 2.23. The summed E-state index contributed by atoms with van der Waals surface area (Å²) in [6, 6.07) is 0. The topological polar surface area (TPSA) is 114 Å². The third kappa shape index (κ3) is 7.19. The van der Waals surface area contributed by atoms with Gasteiger partial charge in [0.15, 0.2) is 0 Å². The molecule has 9 nitrogen and oxygen atoms in total. The molecule has 0 aromatic carbocycles. The molecule has 9 heterocycles. The van der Waals surface area contributed by atoms with E-state index in [9.17, 15) is 0 Å². The number of hydrogen-bond donors (Lipinski definition) is 0. The van der Waals surface area contributed by atoms with Crippen molar-refractivity contribution >= 4 is 0 Å². The smallest absolute Gasteiger partial charge is 0.0110 e. The Balaban J connectivity index is 0.000000192. The highest BCUT2D eigenvalue weighted by molar-refractivity contribution is 4.80. The molecule has 0 atom stereocenters. The van der Waals surface area contributed by atoms with Gasteiger partial charge in [-0.05, 0) is 0 Å². The van der Waals surface area contributed by atoms with E-state index in [0.29, 0.717) is 0 Å². The Labute approximate surface area is 164 Å². The van der Waals surface area contributed by atoms with Gasteiger partial charge in [0.1, 0.15) is 0 Å². The summed E-state index contributed by atoms with van der Waals surface area (Å²) in [7, 11) is 0. The molecule has 0 aromatic heterocycles. The van der Waals surface area contributed by atoms with Gasteiger partial charge in [-0.3, -0.25) is 29.4 Å². The monoisotopic (exact) mass is 390 g/mol. The van der Waals surface area contributed by atoms with Gasteiger partial charge in [0.25, 0.3) is 0 Å². The van der Waals surface area contributed by atoms with Crippen LogP contribution in [-0.4, -0.2) is 164 Å². The molecule has 0 amide bonds. The number of piperazine rings is 9. The standard InChI is InChI=1S/3C6H12N2.3H2O/c3*1-2-8-5-3-7(1)4-6-8;;;/h3*1-6H2;3*1H2. The van der Waals surface area contributed by atoms with Crippen LogP contribution in [0.3, 0.4) is 0 Å². The van der Waals surface area contributed by atoms with Crippen LogP contribution >= 0.6 is 0 Å². The van der Waals surface area contributed by atoms with Gasteiger partial charge in [-0.15, -0.1) is 0 Å². The summed E-state index contributed by atoms with van der Waals surface area (Å²) in [5, 5.41) is 0. The van der Waals surface area contributed by atoms with Crippen LogP contribution in [0.25, 0.3) is 0 Å². The third-order valence-corrected chi connectivity index (χ3v) is 6.59. The Morgan fingerprint density at radius 1 is 0.185 bits per heavy atom. The number of fused-ring (bicyclic) bond motifs is 9. The molecule has 0 radical (unpaired) electrons. The first kappa shape index (κ1) is 24.7. The summed E-state index contributed by atoms with van der Waals surface area (Å²) >= 11 is 0. The molecule has 0 aromatic rings. The van der Waals surface area contributed by atoms with Gasteiger partial charge in [-0.25, -0.2) is 0 Å². The van der Waals surface area contributed by atoms with Crippen LogP contribution in [0.4, 0.5) is 0 Å². The SMILES string of the molecule is C1CN2CCN1CC2.C1CN2CCN1CC2.C1CN2CCN1CC2.O.O.O. The molecule has 9 aliphatic rings. The van der Waals surface area contributed by atoms with E-state index in [2.05, 4.69) is 29.4 Å². The first-order valence-electron chi connectivity index (χ1n) is 10.2. The van der Waals surface area contributed by atoms with E-state index in [1.807, 2.05) is 0 Å². The van der Waals surface area contributed by atoms with Gasteiger partial charge in [-0.1, -0.05) is 0 Å². The molecule has 162 valence electrons. The molecule has 0 spiro atoms. The van der Waals surface area contributed by atoms with Crippen molar-refractivity contribution in [3.63, 3.8) is 0 Å². The van der Waals surface area contributed by atoms with E-state index >= 15 is 0 Å². The second-order valence-electron chi connectivity index (χ2n) is 8.05. The van der Waals surface area contributed by atoms with Crippen molar-refractivity contribution in [2.45, 2.75) is 0 Å². The number of hydrogen-bond acceptors (Lipinski definition) is 6. The molecule has 9 fully saturated rings. The van der Waals surface area contributed by atoms with E-state index in [1.54, 1.807) is 0 Å². The molecule has 6 bridgehead atoms. The molecule has 0 saturated carbocycles. The average Bonchev–Trinajstić information content (AvgIpc) is 2.73. The van der Waals surface area contributed by atoms with E-state index in [0.717, 1.165) is 0 Å². The quantitative estimate of drug-likeness (QED) is 0.422. The van der Waals surface area contributed by atoms with Crippen LogP contribution in [0.2, 0.25) is 0 Å². The summed E-state index contributed by atoms with van der Waals surface area (Å²) < 4.78 is 0. The van der Waals surface area contributed by atoms with Gasteiger partial charge in [0.2, 0.25) is 0 Å². The maximum Gasteiger partial charge on any atom is 0.0110 e. The Morgan fingerprint density at radius 3 is 0.296 bits per heavy atom. The fourth-order valence-corrected chi connectivity index (χ4v) is 4.56. The second kappa shape index (κ2) is 12.3. The average molecular weight is 391 g/mol. The predicted octanol–water partition coefficient (Wildman–Crippen LogP) is -3.62. The van der Waals surface area contributed by atoms with E-state index in [4.69, 9.17) is 0 Å². The van der Waals surface area contributed by atoms with Crippen molar-refractivity contribution in [1.82, 2.24) is 29.4 Å². The van der Waals surface area contributed by atoms with Crippen molar-refractivity contribution < 1.29 is 16.4 Å². The summed E-state index contributed by atoms with van der Waals surface area (Å²) in [6.07, 6.45) is 0. The van der Waals surface area contributed by atoms with Crippen LogP contribution in [0.5, 0.6) is 0 Å². The zero-order valence-electron chi connectivity index (χ0n) is 16.9. The van der Waals surface area contributed by atoms with Crippen molar-refractivity contribution in [3.8, 4) is 0 Å². The minimum absolute atomic E-state index is 0. The molecule has 9 saturated heterocycles. The lowest BCUT2D eigenvalue weighted by Gasteiger charge is -2.41. The summed E-state index contributed by atoms with van der Waals surface area (Å²) in [5.74, 6) is 0. The molecule has 0 unspecified atom stereocenters. The number of nitrogens with zero attached hydrogens (tertiary/aromatic N) is 6. The van der Waals surface area contributed by atoms with Crippen molar-refractivity contribution in [3.05, 3.63) is 0 Å². The lowest BCUT2D eigenvalue weighted by molar-refractivity contribution is 0.0647. The Morgan fingerprint density at radius 2 is 0.259 bits per heavy atom. The van der Waals surface area contributed by atoms with Gasteiger partial charge in [0.05, 0.1) is 0 Å². The van der Waals surface area contributed by atoms with Crippen LogP contribution in [0.1, 0.15) is 0 Å². The fraction of sp³-hybridized carbons (Fsp3) is 1.00. The van der Waals surface area contributed by atoms with E-state index in [-0.39, 0.29) is 16.4 Å². The maximum atomic E-state index is 2.54. The van der Waals surface area contributed by atoms with Gasteiger partial charge in [-0.2, -0.15) is 0 Å². The normalized spacial score (nSPS) is 40.0. The summed E-state index contributed by atoms with van der Waals surface area (Å²) in [5.41, 5.74) is 0. The highest BCUT2D eigenvalue weighted by atomic mass is 16.0. The van der Waals surface area contributed by atoms with Gasteiger partial charge >= 0.3 is 0 Å². The lowest BCUT2D eigenvalue weighted by atomic mass is 10.2. The minimum Gasteiger partial charge on any atom is -0.412 e. The Bertz CT molecular complexity index is 255. The Hall–Kier alpha value is -0.360. The van der Waals surface area contributed by atoms with Crippen LogP contribution in [0.15, 0.2) is 0 Å². The van der Waals surface area contributed by atoms with E-state index in [1.165, 1.54) is 118 Å². The fourth-order valence-electron chi connectivity index (χ4n) is 4.56. The highest BCUT2D eigenvalue weighted by Crippen LogP contribution is 2.08. The molecule has 9 aliphatic heterocycles. The first-order chi connectivity index (χ1) is 11.8. The molecule has 9 heteroatoms. The molecular formula is C18H42N6O3. The van der Waals surface area contributed by atoms with Crippen LogP contribution in [-0.2, 0) is 0 Å². The predicted molar refractivity (Wildman–Crippen MR) is 109 cm³/mol. The zero-order valence-corrected chi connectivity index (χ0v) is 16.9. The molecule has 0 aliphatic carbocycles. The van der Waals surface area contributed by atoms with Crippen LogP contribution < -0.4 is 0 Å². The van der Waals surface area contributed by atoms with Crippen LogP contribution in [0, 0.1) is 0 Å². The summed E-state index contributed by atoms with van der Waals surface area (Å²) in [6.45, 7) is 23.7. The summed E-state index contributed by atoms with van der Waals surface area (Å²) in [4.78, 5) is 15.3. The maximum absolute atomic E-state index is 2.54. The minimum atomic E-state index is 0. The van der Waals surface area contributed by atoms with Gasteiger partial charge in [0, 0.05) is 118 Å². The first-order valence-corrected chi connectivity index (χ1v) is 10.2. The zero-order chi connectivity index (χ0) is 16.2. The molecular weight excluding hydrogens is 348 g/mol. The lowest BCUT2D eigenvalue weighted by Crippen LogP contribution is -2.55. The largest absolute Gasteiger partial charge is 0.412 e.